The van der Waals surface area contributed by atoms with Gasteiger partial charge < -0.3 is 24.6 Å². The Morgan fingerprint density at radius 1 is 1.27 bits per heavy atom. The van der Waals surface area contributed by atoms with E-state index in [-0.39, 0.29) is 6.04 Å². The predicted octanol–water partition coefficient (Wildman–Crippen LogP) is 1.20. The van der Waals surface area contributed by atoms with Gasteiger partial charge in [0.1, 0.15) is 0 Å². The highest BCUT2D eigenvalue weighted by atomic mass is 16.5. The second-order valence-electron chi connectivity index (χ2n) is 5.60. The van der Waals surface area contributed by atoms with E-state index in [0.29, 0.717) is 0 Å². The van der Waals surface area contributed by atoms with Crippen LogP contribution in [0.4, 0.5) is 0 Å². The quantitative estimate of drug-likeness (QED) is 0.856. The van der Waals surface area contributed by atoms with Crippen LogP contribution in [0.1, 0.15) is 11.6 Å². The van der Waals surface area contributed by atoms with Gasteiger partial charge in [-0.2, -0.15) is 0 Å². The number of nitrogens with zero attached hydrogens (tertiary/aromatic N) is 3. The van der Waals surface area contributed by atoms with Crippen LogP contribution in [0, 0.1) is 0 Å². The molecule has 0 spiro atoms. The maximum Gasteiger partial charge on any atom is 0.193 e. The third kappa shape index (κ3) is 3.62. The summed E-state index contributed by atoms with van der Waals surface area (Å²) in [4.78, 5) is 8.80. The molecular weight excluding hydrogens is 280 g/mol. The van der Waals surface area contributed by atoms with Crippen molar-refractivity contribution in [2.75, 3.05) is 55.0 Å². The lowest BCUT2D eigenvalue weighted by Crippen LogP contribution is -2.40. The molecule has 1 atom stereocenters. The van der Waals surface area contributed by atoms with E-state index in [1.54, 1.807) is 14.2 Å². The van der Waals surface area contributed by atoms with E-state index in [4.69, 9.17) is 9.47 Å². The van der Waals surface area contributed by atoms with Crippen LogP contribution in [0.5, 0.6) is 11.5 Å². The number of methoxy groups -OCH3 is 2. The Hall–Kier alpha value is -1.95. The fourth-order valence-electron chi connectivity index (χ4n) is 2.57. The number of hydrogen-bond acceptors (Lipinski definition) is 6. The van der Waals surface area contributed by atoms with Crippen molar-refractivity contribution in [1.82, 2.24) is 15.1 Å². The molecule has 0 radical (unpaired) electrons. The molecule has 1 aliphatic rings. The summed E-state index contributed by atoms with van der Waals surface area (Å²) in [5.41, 5.74) is 1.18. The van der Waals surface area contributed by atoms with Crippen molar-refractivity contribution in [3.63, 3.8) is 0 Å². The Kier molecular flexibility index (Phi) is 5.49. The molecule has 1 aromatic carbocycles. The summed E-state index contributed by atoms with van der Waals surface area (Å²) in [5, 5.41) is 3.44. The molecule has 0 aromatic heterocycles. The van der Waals surface area contributed by atoms with E-state index >= 15 is 0 Å². The normalized spacial score (nSPS) is 15.7. The van der Waals surface area contributed by atoms with E-state index in [1.165, 1.54) is 5.56 Å². The molecular formula is C16H26N4O2. The lowest BCUT2D eigenvalue weighted by Gasteiger charge is -2.27. The van der Waals surface area contributed by atoms with Crippen LogP contribution >= 0.6 is 0 Å². The Balaban J connectivity index is 2.13. The van der Waals surface area contributed by atoms with Crippen LogP contribution in [-0.2, 0) is 0 Å². The van der Waals surface area contributed by atoms with Gasteiger partial charge in [0.25, 0.3) is 0 Å². The summed E-state index contributed by atoms with van der Waals surface area (Å²) in [5.74, 6) is 2.46. The van der Waals surface area contributed by atoms with Gasteiger partial charge in [0.05, 0.1) is 26.8 Å². The predicted molar refractivity (Wildman–Crippen MR) is 88.9 cm³/mol. The fraction of sp³-hybridized carbons (Fsp3) is 0.562. The second kappa shape index (κ2) is 7.35. The first-order valence-electron chi connectivity index (χ1n) is 7.44. The average Bonchev–Trinajstić information content (AvgIpc) is 2.92. The van der Waals surface area contributed by atoms with E-state index in [9.17, 15) is 0 Å². The Bertz CT molecular complexity index is 531. The summed E-state index contributed by atoms with van der Waals surface area (Å²) in [6.07, 6.45) is 0. The van der Waals surface area contributed by atoms with Crippen LogP contribution in [0.3, 0.4) is 0 Å². The number of ether oxygens (including phenoxy) is 2. The zero-order valence-electron chi connectivity index (χ0n) is 14.1. The smallest absolute Gasteiger partial charge is 0.193 e. The van der Waals surface area contributed by atoms with Crippen molar-refractivity contribution in [2.24, 2.45) is 4.99 Å². The molecule has 6 nitrogen and oxygen atoms in total. The number of guanidine groups is 1. The minimum atomic E-state index is 0.219. The molecule has 0 saturated carbocycles. The third-order valence-electron chi connectivity index (χ3n) is 3.93. The van der Waals surface area contributed by atoms with Gasteiger partial charge in [-0.1, -0.05) is 6.07 Å². The highest BCUT2D eigenvalue weighted by Gasteiger charge is 2.19. The molecule has 0 aliphatic carbocycles. The molecule has 1 heterocycles. The van der Waals surface area contributed by atoms with Crippen LogP contribution in [0.2, 0.25) is 0 Å². The van der Waals surface area contributed by atoms with Crippen LogP contribution < -0.4 is 14.8 Å². The van der Waals surface area contributed by atoms with Crippen LogP contribution in [0.15, 0.2) is 23.2 Å². The van der Waals surface area contributed by atoms with Crippen molar-refractivity contribution in [1.29, 1.82) is 0 Å². The lowest BCUT2D eigenvalue weighted by molar-refractivity contribution is 0.294. The molecule has 22 heavy (non-hydrogen) atoms. The second-order valence-corrected chi connectivity index (χ2v) is 5.60. The molecule has 0 bridgehead atoms. The first-order valence-corrected chi connectivity index (χ1v) is 7.44. The third-order valence-corrected chi connectivity index (χ3v) is 3.93. The minimum absolute atomic E-state index is 0.219. The van der Waals surface area contributed by atoms with Crippen molar-refractivity contribution < 1.29 is 9.47 Å². The molecule has 1 aliphatic heterocycles. The minimum Gasteiger partial charge on any atom is -0.493 e. The first-order chi connectivity index (χ1) is 10.6. The largest absolute Gasteiger partial charge is 0.493 e. The molecule has 1 unspecified atom stereocenters. The van der Waals surface area contributed by atoms with Crippen LogP contribution in [0.25, 0.3) is 0 Å². The van der Waals surface area contributed by atoms with Gasteiger partial charge in [-0.3, -0.25) is 4.99 Å². The zero-order chi connectivity index (χ0) is 16.1. The molecule has 6 heteroatoms. The maximum absolute atomic E-state index is 5.41. The molecule has 0 amide bonds. The SMILES string of the molecule is COc1ccc(C(CNC2=NCCN2C)N(C)C)cc1OC. The average molecular weight is 306 g/mol. The number of aliphatic imine (C=N–C) groups is 1. The van der Waals surface area contributed by atoms with Gasteiger partial charge in [0.2, 0.25) is 0 Å². The lowest BCUT2D eigenvalue weighted by atomic mass is 10.1. The number of rotatable bonds is 6. The van der Waals surface area contributed by atoms with E-state index in [1.807, 2.05) is 12.1 Å². The molecule has 0 saturated heterocycles. The van der Waals surface area contributed by atoms with Gasteiger partial charge in [0.15, 0.2) is 17.5 Å². The van der Waals surface area contributed by atoms with Gasteiger partial charge in [-0.15, -0.1) is 0 Å². The van der Waals surface area contributed by atoms with Crippen molar-refractivity contribution in [3.05, 3.63) is 23.8 Å². The molecule has 122 valence electrons. The van der Waals surface area contributed by atoms with E-state index < -0.39 is 0 Å². The standard InChI is InChI=1S/C16H26N4O2/c1-19(2)13(11-18-16-17-8-9-20(16)3)12-6-7-14(21-4)15(10-12)22-5/h6-7,10,13H,8-9,11H2,1-5H3,(H,17,18). The fourth-order valence-corrected chi connectivity index (χ4v) is 2.57. The number of benzene rings is 1. The van der Waals surface area contributed by atoms with Crippen molar-refractivity contribution in [2.45, 2.75) is 6.04 Å². The first kappa shape index (κ1) is 16.4. The number of likely N-dealkylation sites (N-methyl/N-ethyl adjacent to an activating group) is 2. The summed E-state index contributed by atoms with van der Waals surface area (Å²) in [6, 6.07) is 6.28. The Morgan fingerprint density at radius 2 is 2.00 bits per heavy atom. The topological polar surface area (TPSA) is 49.3 Å². The zero-order valence-corrected chi connectivity index (χ0v) is 14.1. The summed E-state index contributed by atoms with van der Waals surface area (Å²) in [7, 11) is 9.51. The van der Waals surface area contributed by atoms with Crippen molar-refractivity contribution in [3.8, 4) is 11.5 Å². The highest BCUT2D eigenvalue weighted by molar-refractivity contribution is 5.81. The van der Waals surface area contributed by atoms with E-state index in [2.05, 4.69) is 47.3 Å². The monoisotopic (exact) mass is 306 g/mol. The van der Waals surface area contributed by atoms with Crippen LogP contribution in [-0.4, -0.2) is 70.8 Å². The molecule has 1 aromatic rings. The Morgan fingerprint density at radius 3 is 2.55 bits per heavy atom. The molecule has 1 N–H and O–H groups in total. The summed E-state index contributed by atoms with van der Waals surface area (Å²) >= 11 is 0. The highest BCUT2D eigenvalue weighted by Crippen LogP contribution is 2.31. The molecule has 2 rings (SSSR count). The maximum atomic E-state index is 5.41. The van der Waals surface area contributed by atoms with Gasteiger partial charge in [0, 0.05) is 20.1 Å². The Labute approximate surface area is 132 Å². The number of nitrogens with one attached hydrogen (secondary N) is 1. The molecule has 0 fully saturated rings. The van der Waals surface area contributed by atoms with Gasteiger partial charge >= 0.3 is 0 Å². The summed E-state index contributed by atoms with van der Waals surface area (Å²) in [6.45, 7) is 2.62. The van der Waals surface area contributed by atoms with Gasteiger partial charge in [-0.05, 0) is 31.8 Å². The van der Waals surface area contributed by atoms with Gasteiger partial charge in [-0.25, -0.2) is 0 Å². The van der Waals surface area contributed by atoms with Crippen molar-refractivity contribution >= 4 is 5.96 Å². The number of hydrogen-bond donors (Lipinski definition) is 1. The summed E-state index contributed by atoms with van der Waals surface area (Å²) < 4.78 is 10.7. The van der Waals surface area contributed by atoms with E-state index in [0.717, 1.165) is 37.1 Å².